The van der Waals surface area contributed by atoms with Crippen molar-refractivity contribution in [3.8, 4) is 0 Å². The van der Waals surface area contributed by atoms with Gasteiger partial charge < -0.3 is 16.0 Å². The van der Waals surface area contributed by atoms with Gasteiger partial charge in [-0.3, -0.25) is 9.59 Å². The van der Waals surface area contributed by atoms with Gasteiger partial charge in [0.15, 0.2) is 4.34 Å². The summed E-state index contributed by atoms with van der Waals surface area (Å²) >= 11 is 2.69. The average Bonchev–Trinajstić information content (AvgIpc) is 3.37. The van der Waals surface area contributed by atoms with Gasteiger partial charge in [-0.25, -0.2) is 0 Å². The number of nitrogens with zero attached hydrogens (tertiary/aromatic N) is 2. The highest BCUT2D eigenvalue weighted by Gasteiger charge is 2.20. The van der Waals surface area contributed by atoms with E-state index in [1.807, 2.05) is 0 Å². The minimum atomic E-state index is -0.193. The monoisotopic (exact) mass is 417 g/mol. The molecule has 1 saturated carbocycles. The van der Waals surface area contributed by atoms with Crippen LogP contribution in [0.5, 0.6) is 0 Å². The Morgan fingerprint density at radius 3 is 2.82 bits per heavy atom. The van der Waals surface area contributed by atoms with Crippen molar-refractivity contribution in [1.29, 1.82) is 0 Å². The van der Waals surface area contributed by atoms with Gasteiger partial charge in [-0.05, 0) is 25.0 Å². The molecule has 1 fully saturated rings. The van der Waals surface area contributed by atoms with Gasteiger partial charge in [-0.2, -0.15) is 0 Å². The molecule has 2 amide bonds. The van der Waals surface area contributed by atoms with E-state index in [-0.39, 0.29) is 23.6 Å². The van der Waals surface area contributed by atoms with Crippen molar-refractivity contribution >= 4 is 45.7 Å². The minimum Gasteiger partial charge on any atom is -0.357 e. The normalized spacial score (nSPS) is 13.9. The highest BCUT2D eigenvalue weighted by Crippen LogP contribution is 2.26. The van der Waals surface area contributed by atoms with Crippen molar-refractivity contribution in [2.24, 2.45) is 0 Å². The number of thioether (sulfide) groups is 1. The smallest absolute Gasteiger partial charge is 0.253 e. The minimum absolute atomic E-state index is 0.141. The van der Waals surface area contributed by atoms with Gasteiger partial charge in [0, 0.05) is 12.6 Å². The Morgan fingerprint density at radius 2 is 2.04 bits per heavy atom. The van der Waals surface area contributed by atoms with Gasteiger partial charge >= 0.3 is 0 Å². The number of nitrogens with one attached hydrogen (secondary N) is 3. The van der Waals surface area contributed by atoms with Crippen LogP contribution in [0, 0.1) is 0 Å². The quantitative estimate of drug-likeness (QED) is 0.427. The molecular formula is C19H23N5O2S2. The van der Waals surface area contributed by atoms with Crippen LogP contribution in [0.3, 0.4) is 0 Å². The molecule has 1 aromatic carbocycles. The maximum absolute atomic E-state index is 12.6. The van der Waals surface area contributed by atoms with Crippen LogP contribution in [0.25, 0.3) is 0 Å². The number of anilines is 2. The Balaban J connectivity index is 1.54. The fourth-order valence-electron chi connectivity index (χ4n) is 2.94. The van der Waals surface area contributed by atoms with Crippen LogP contribution in [0.1, 0.15) is 36.0 Å². The van der Waals surface area contributed by atoms with Crippen LogP contribution in [0.15, 0.2) is 41.3 Å². The van der Waals surface area contributed by atoms with Crippen LogP contribution in [-0.4, -0.2) is 40.4 Å². The molecule has 1 aliphatic rings. The lowest BCUT2D eigenvalue weighted by Crippen LogP contribution is -2.33. The molecule has 0 spiro atoms. The third-order valence-electron chi connectivity index (χ3n) is 4.27. The number of para-hydroxylation sites is 1. The predicted octanol–water partition coefficient (Wildman–Crippen LogP) is 3.54. The van der Waals surface area contributed by atoms with Crippen LogP contribution < -0.4 is 16.0 Å². The van der Waals surface area contributed by atoms with E-state index in [4.69, 9.17) is 0 Å². The van der Waals surface area contributed by atoms with Gasteiger partial charge in [0.1, 0.15) is 0 Å². The number of hydrogen-bond donors (Lipinski definition) is 3. The summed E-state index contributed by atoms with van der Waals surface area (Å²) in [5.41, 5.74) is 1.01. The van der Waals surface area contributed by atoms with Crippen molar-refractivity contribution in [1.82, 2.24) is 15.5 Å². The van der Waals surface area contributed by atoms with Gasteiger partial charge in [0.25, 0.3) is 5.91 Å². The molecule has 7 nitrogen and oxygen atoms in total. The summed E-state index contributed by atoms with van der Waals surface area (Å²) in [6.45, 7) is 4.25. The van der Waals surface area contributed by atoms with E-state index in [1.54, 1.807) is 30.3 Å². The summed E-state index contributed by atoms with van der Waals surface area (Å²) in [5, 5.41) is 17.7. The Bertz CT molecular complexity index is 833. The van der Waals surface area contributed by atoms with E-state index in [0.717, 1.165) is 25.7 Å². The molecule has 3 N–H and O–H groups in total. The molecule has 0 unspecified atom stereocenters. The van der Waals surface area contributed by atoms with Gasteiger partial charge in [0.05, 0.1) is 17.0 Å². The van der Waals surface area contributed by atoms with Crippen molar-refractivity contribution < 1.29 is 9.59 Å². The SMILES string of the molecule is C=CCNc1nnc(SCC(=O)Nc2ccccc2C(=O)NC2CCCC2)s1. The summed E-state index contributed by atoms with van der Waals surface area (Å²) in [6.07, 6.45) is 6.07. The number of benzene rings is 1. The van der Waals surface area contributed by atoms with Crippen LogP contribution in [0.2, 0.25) is 0 Å². The van der Waals surface area contributed by atoms with Gasteiger partial charge in [0.2, 0.25) is 11.0 Å². The molecule has 0 bridgehead atoms. The van der Waals surface area contributed by atoms with Crippen molar-refractivity contribution in [3.05, 3.63) is 42.5 Å². The molecule has 1 heterocycles. The summed E-state index contributed by atoms with van der Waals surface area (Å²) in [5.74, 6) is -0.145. The number of hydrogen-bond acceptors (Lipinski definition) is 7. The zero-order valence-electron chi connectivity index (χ0n) is 15.4. The molecule has 148 valence electrons. The lowest BCUT2D eigenvalue weighted by atomic mass is 10.1. The molecular weight excluding hydrogens is 394 g/mol. The third kappa shape index (κ3) is 5.80. The Morgan fingerprint density at radius 1 is 1.25 bits per heavy atom. The lowest BCUT2D eigenvalue weighted by Gasteiger charge is -2.14. The zero-order valence-corrected chi connectivity index (χ0v) is 17.1. The molecule has 1 aliphatic carbocycles. The highest BCUT2D eigenvalue weighted by molar-refractivity contribution is 8.01. The molecule has 3 rings (SSSR count). The first-order valence-electron chi connectivity index (χ1n) is 9.16. The summed E-state index contributed by atoms with van der Waals surface area (Å²) in [4.78, 5) is 24.9. The Hall–Kier alpha value is -2.39. The van der Waals surface area contributed by atoms with Gasteiger partial charge in [-0.1, -0.05) is 54.1 Å². The van der Waals surface area contributed by atoms with Crippen LogP contribution in [0.4, 0.5) is 10.8 Å². The molecule has 2 aromatic rings. The summed E-state index contributed by atoms with van der Waals surface area (Å²) in [7, 11) is 0. The maximum atomic E-state index is 12.6. The Labute approximate surface area is 172 Å². The largest absolute Gasteiger partial charge is 0.357 e. The van der Waals surface area contributed by atoms with Crippen molar-refractivity contribution in [2.75, 3.05) is 22.9 Å². The summed E-state index contributed by atoms with van der Waals surface area (Å²) in [6, 6.07) is 7.31. The number of rotatable bonds is 9. The molecule has 28 heavy (non-hydrogen) atoms. The standard InChI is InChI=1S/C19H23N5O2S2/c1-2-11-20-18-23-24-19(28-18)27-12-16(25)22-15-10-6-5-9-14(15)17(26)21-13-7-3-4-8-13/h2,5-6,9-10,13H,1,3-4,7-8,11-12H2,(H,20,23)(H,21,26)(H,22,25). The molecule has 0 atom stereocenters. The third-order valence-corrected chi connectivity index (χ3v) is 6.28. The molecule has 0 saturated heterocycles. The fourth-order valence-corrected chi connectivity index (χ4v) is 4.49. The number of carbonyl (C=O) groups excluding carboxylic acids is 2. The van der Waals surface area contributed by atoms with E-state index < -0.39 is 0 Å². The molecule has 0 radical (unpaired) electrons. The van der Waals surface area contributed by atoms with Crippen molar-refractivity contribution in [3.63, 3.8) is 0 Å². The van der Waals surface area contributed by atoms with Crippen molar-refractivity contribution in [2.45, 2.75) is 36.1 Å². The maximum Gasteiger partial charge on any atom is 0.253 e. The highest BCUT2D eigenvalue weighted by atomic mass is 32.2. The topological polar surface area (TPSA) is 96.0 Å². The predicted molar refractivity (Wildman–Crippen MR) is 114 cm³/mol. The van der Waals surface area contributed by atoms with Crippen LogP contribution >= 0.6 is 23.1 Å². The second kappa shape index (κ2) is 10.2. The second-order valence-electron chi connectivity index (χ2n) is 6.38. The zero-order chi connectivity index (χ0) is 19.8. The van der Waals surface area contributed by atoms with E-state index in [9.17, 15) is 9.59 Å². The molecule has 0 aliphatic heterocycles. The van der Waals surface area contributed by atoms with E-state index in [1.165, 1.54) is 23.1 Å². The Kier molecular flexibility index (Phi) is 7.44. The fraction of sp³-hybridized carbons (Fsp3) is 0.368. The summed E-state index contributed by atoms with van der Waals surface area (Å²) < 4.78 is 0.703. The van der Waals surface area contributed by atoms with E-state index in [0.29, 0.717) is 27.3 Å². The first-order chi connectivity index (χ1) is 13.7. The second-order valence-corrected chi connectivity index (χ2v) is 8.58. The van der Waals surface area contributed by atoms with E-state index in [2.05, 4.69) is 32.7 Å². The molecule has 1 aromatic heterocycles. The van der Waals surface area contributed by atoms with Crippen LogP contribution in [-0.2, 0) is 4.79 Å². The van der Waals surface area contributed by atoms with Gasteiger partial charge in [-0.15, -0.1) is 16.8 Å². The first kappa shape index (κ1) is 20.3. The lowest BCUT2D eigenvalue weighted by molar-refractivity contribution is -0.113. The number of amides is 2. The average molecular weight is 418 g/mol. The first-order valence-corrected chi connectivity index (χ1v) is 11.0. The van der Waals surface area contributed by atoms with E-state index >= 15 is 0 Å². The molecule has 9 heteroatoms. The number of carbonyl (C=O) groups is 2. The number of aromatic nitrogens is 2.